The maximum atomic E-state index is 12.9. The quantitative estimate of drug-likeness (QED) is 0.157. The van der Waals surface area contributed by atoms with Gasteiger partial charge < -0.3 is 24.6 Å². The maximum Gasteiger partial charge on any atom is 0.326 e. The number of amides is 1. The van der Waals surface area contributed by atoms with E-state index in [0.29, 0.717) is 36.0 Å². The van der Waals surface area contributed by atoms with Gasteiger partial charge in [-0.05, 0) is 77.4 Å². The van der Waals surface area contributed by atoms with Gasteiger partial charge in [-0.25, -0.2) is 4.79 Å². The minimum atomic E-state index is -1.11. The molecule has 0 heterocycles. The van der Waals surface area contributed by atoms with Crippen LogP contribution in [-0.4, -0.2) is 23.0 Å². The fourth-order valence-corrected chi connectivity index (χ4v) is 4.33. The van der Waals surface area contributed by atoms with E-state index in [0.717, 1.165) is 22.4 Å². The highest BCUT2D eigenvalue weighted by molar-refractivity contribution is 5.96. The van der Waals surface area contributed by atoms with Crippen LogP contribution in [0.25, 0.3) is 0 Å². The van der Waals surface area contributed by atoms with E-state index in [9.17, 15) is 14.7 Å². The van der Waals surface area contributed by atoms with Gasteiger partial charge in [0.05, 0.1) is 0 Å². The average Bonchev–Trinajstić information content (AvgIpc) is 3.04. The number of carboxylic acid groups (broad SMARTS) is 1. The zero-order valence-electron chi connectivity index (χ0n) is 23.4. The molecular formula is C36H31NO6. The van der Waals surface area contributed by atoms with Gasteiger partial charge in [-0.15, -0.1) is 0 Å². The Morgan fingerprint density at radius 1 is 0.581 bits per heavy atom. The highest BCUT2D eigenvalue weighted by Crippen LogP contribution is 2.23. The molecule has 0 saturated heterocycles. The SMILES string of the molecule is O=C(N[C@@H](Cc1ccc(OCc2ccccc2)cc1)C(=O)O)c1ccc(OCc2cccc(Oc3ccccc3)c2)cc1. The summed E-state index contributed by atoms with van der Waals surface area (Å²) >= 11 is 0. The number of para-hydroxylation sites is 1. The molecule has 0 aliphatic carbocycles. The van der Waals surface area contributed by atoms with Crippen LogP contribution in [0.3, 0.4) is 0 Å². The third-order valence-electron chi connectivity index (χ3n) is 6.61. The average molecular weight is 574 g/mol. The molecule has 43 heavy (non-hydrogen) atoms. The Morgan fingerprint density at radius 2 is 1.14 bits per heavy atom. The molecule has 0 radical (unpaired) electrons. The number of nitrogens with one attached hydrogen (secondary N) is 1. The number of carbonyl (C=O) groups excluding carboxylic acids is 1. The zero-order valence-corrected chi connectivity index (χ0v) is 23.4. The number of hydrogen-bond acceptors (Lipinski definition) is 5. The summed E-state index contributed by atoms with van der Waals surface area (Å²) < 4.78 is 17.6. The van der Waals surface area contributed by atoms with Crippen LogP contribution in [0.5, 0.6) is 23.0 Å². The third kappa shape index (κ3) is 8.71. The number of ether oxygens (including phenoxy) is 3. The molecule has 0 spiro atoms. The zero-order chi connectivity index (χ0) is 29.9. The number of carbonyl (C=O) groups is 2. The van der Waals surface area contributed by atoms with Crippen LogP contribution < -0.4 is 19.5 Å². The lowest BCUT2D eigenvalue weighted by Crippen LogP contribution is -2.42. The first kappa shape index (κ1) is 29.0. The van der Waals surface area contributed by atoms with E-state index in [1.807, 2.05) is 84.9 Å². The van der Waals surface area contributed by atoms with Crippen molar-refractivity contribution in [2.45, 2.75) is 25.7 Å². The van der Waals surface area contributed by atoms with E-state index >= 15 is 0 Å². The molecular weight excluding hydrogens is 542 g/mol. The van der Waals surface area contributed by atoms with Gasteiger partial charge in [-0.3, -0.25) is 4.79 Å². The van der Waals surface area contributed by atoms with Gasteiger partial charge in [-0.1, -0.05) is 72.8 Å². The molecule has 5 aromatic rings. The molecule has 1 amide bonds. The Labute approximate surface area is 250 Å². The minimum Gasteiger partial charge on any atom is -0.489 e. The number of carboxylic acids is 1. The molecule has 1 atom stereocenters. The lowest BCUT2D eigenvalue weighted by Gasteiger charge is -2.15. The monoisotopic (exact) mass is 573 g/mol. The fourth-order valence-electron chi connectivity index (χ4n) is 4.33. The van der Waals surface area contributed by atoms with Crippen molar-refractivity contribution >= 4 is 11.9 Å². The molecule has 0 unspecified atom stereocenters. The molecule has 5 rings (SSSR count). The second-order valence-corrected chi connectivity index (χ2v) is 9.86. The van der Waals surface area contributed by atoms with Gasteiger partial charge in [0.2, 0.25) is 0 Å². The summed E-state index contributed by atoms with van der Waals surface area (Å²) in [6.07, 6.45) is 0.133. The number of hydrogen-bond donors (Lipinski definition) is 2. The van der Waals surface area contributed by atoms with E-state index in [-0.39, 0.29) is 6.42 Å². The van der Waals surface area contributed by atoms with Crippen molar-refractivity contribution in [3.8, 4) is 23.0 Å². The third-order valence-corrected chi connectivity index (χ3v) is 6.61. The molecule has 7 heteroatoms. The first-order valence-corrected chi connectivity index (χ1v) is 13.9. The minimum absolute atomic E-state index is 0.133. The van der Waals surface area contributed by atoms with Crippen LogP contribution in [0, 0.1) is 0 Å². The van der Waals surface area contributed by atoms with Crippen LogP contribution in [0.1, 0.15) is 27.0 Å². The maximum absolute atomic E-state index is 12.9. The predicted octanol–water partition coefficient (Wildman–Crippen LogP) is 7.06. The lowest BCUT2D eigenvalue weighted by atomic mass is 10.1. The molecule has 2 N–H and O–H groups in total. The number of rotatable bonds is 13. The lowest BCUT2D eigenvalue weighted by molar-refractivity contribution is -0.139. The second kappa shape index (κ2) is 14.4. The van der Waals surface area contributed by atoms with Crippen molar-refractivity contribution < 1.29 is 28.9 Å². The van der Waals surface area contributed by atoms with Crippen molar-refractivity contribution in [1.29, 1.82) is 0 Å². The van der Waals surface area contributed by atoms with Crippen LogP contribution in [0.2, 0.25) is 0 Å². The Balaban J connectivity index is 1.12. The summed E-state index contributed by atoms with van der Waals surface area (Å²) in [4.78, 5) is 24.8. The van der Waals surface area contributed by atoms with E-state index < -0.39 is 17.9 Å². The predicted molar refractivity (Wildman–Crippen MR) is 164 cm³/mol. The Bertz CT molecular complexity index is 1620. The van der Waals surface area contributed by atoms with Crippen LogP contribution in [0.4, 0.5) is 0 Å². The van der Waals surface area contributed by atoms with Crippen molar-refractivity contribution in [3.05, 3.63) is 156 Å². The Morgan fingerprint density at radius 3 is 1.79 bits per heavy atom. The number of aliphatic carboxylic acids is 1. The summed E-state index contributed by atoms with van der Waals surface area (Å²) in [5.41, 5.74) is 3.08. The topological polar surface area (TPSA) is 94.1 Å². The van der Waals surface area contributed by atoms with E-state index in [1.54, 1.807) is 48.5 Å². The fraction of sp³-hybridized carbons (Fsp3) is 0.111. The van der Waals surface area contributed by atoms with Crippen molar-refractivity contribution in [2.24, 2.45) is 0 Å². The summed E-state index contributed by atoms with van der Waals surface area (Å²) in [6.45, 7) is 0.753. The summed E-state index contributed by atoms with van der Waals surface area (Å²) in [7, 11) is 0. The highest BCUT2D eigenvalue weighted by atomic mass is 16.5. The molecule has 0 saturated carbocycles. The largest absolute Gasteiger partial charge is 0.489 e. The molecule has 0 fully saturated rings. The first-order chi connectivity index (χ1) is 21.0. The standard InChI is InChI=1S/C36H31NO6/c38-35(37-34(36(39)40)23-26-14-18-30(19-15-26)41-24-27-8-3-1-4-9-27)29-16-20-31(21-17-29)42-25-28-10-7-13-33(22-28)43-32-11-5-2-6-12-32/h1-22,34H,23-25H2,(H,37,38)(H,39,40)/t34-/m0/s1. The van der Waals surface area contributed by atoms with Gasteiger partial charge in [0.1, 0.15) is 42.3 Å². The van der Waals surface area contributed by atoms with Crippen LogP contribution in [-0.2, 0) is 24.4 Å². The molecule has 5 aromatic carbocycles. The first-order valence-electron chi connectivity index (χ1n) is 13.9. The van der Waals surface area contributed by atoms with E-state index in [1.165, 1.54) is 0 Å². The van der Waals surface area contributed by atoms with Crippen molar-refractivity contribution in [3.63, 3.8) is 0 Å². The molecule has 0 bridgehead atoms. The Kier molecular flexibility index (Phi) is 9.67. The number of benzene rings is 5. The van der Waals surface area contributed by atoms with Gasteiger partial charge in [-0.2, -0.15) is 0 Å². The van der Waals surface area contributed by atoms with Crippen LogP contribution in [0.15, 0.2) is 133 Å². The van der Waals surface area contributed by atoms with E-state index in [2.05, 4.69) is 5.32 Å². The van der Waals surface area contributed by atoms with Crippen molar-refractivity contribution in [1.82, 2.24) is 5.32 Å². The Hall–Kier alpha value is -5.56. The summed E-state index contributed by atoms with van der Waals surface area (Å²) in [5.74, 6) is 1.12. The summed E-state index contributed by atoms with van der Waals surface area (Å²) in [6, 6.07) is 39.7. The van der Waals surface area contributed by atoms with Crippen LogP contribution >= 0.6 is 0 Å². The van der Waals surface area contributed by atoms with Gasteiger partial charge in [0.25, 0.3) is 5.91 Å². The normalized spacial score (nSPS) is 11.3. The molecule has 0 aromatic heterocycles. The molecule has 0 aliphatic heterocycles. The molecule has 7 nitrogen and oxygen atoms in total. The van der Waals surface area contributed by atoms with E-state index in [4.69, 9.17) is 14.2 Å². The van der Waals surface area contributed by atoms with Gasteiger partial charge in [0, 0.05) is 12.0 Å². The van der Waals surface area contributed by atoms with Crippen molar-refractivity contribution in [2.75, 3.05) is 0 Å². The smallest absolute Gasteiger partial charge is 0.326 e. The van der Waals surface area contributed by atoms with Gasteiger partial charge >= 0.3 is 5.97 Å². The highest BCUT2D eigenvalue weighted by Gasteiger charge is 2.21. The second-order valence-electron chi connectivity index (χ2n) is 9.86. The summed E-state index contributed by atoms with van der Waals surface area (Å²) in [5, 5.41) is 12.4. The van der Waals surface area contributed by atoms with Gasteiger partial charge in [0.15, 0.2) is 0 Å². The molecule has 216 valence electrons. The molecule has 0 aliphatic rings.